The van der Waals surface area contributed by atoms with Gasteiger partial charge in [0.05, 0.1) is 18.8 Å². The van der Waals surface area contributed by atoms with E-state index in [1.807, 2.05) is 13.8 Å². The Bertz CT molecular complexity index is 682. The smallest absolute Gasteiger partial charge is 0.352 e. The molecule has 3 rings (SSSR count). The summed E-state index contributed by atoms with van der Waals surface area (Å²) in [6.45, 7) is 15.5. The Morgan fingerprint density at radius 2 is 1.91 bits per heavy atom. The van der Waals surface area contributed by atoms with Crippen molar-refractivity contribution in [3.8, 4) is 5.75 Å². The summed E-state index contributed by atoms with van der Waals surface area (Å²) in [5, 5.41) is 0. The average Bonchev–Trinajstić information content (AvgIpc) is 2.75. The molecule has 2 heterocycles. The highest BCUT2D eigenvalue weighted by molar-refractivity contribution is 5.85. The molecule has 2 aliphatic heterocycles. The summed E-state index contributed by atoms with van der Waals surface area (Å²) in [6, 6.07) is 0.348. The summed E-state index contributed by atoms with van der Waals surface area (Å²) < 4.78 is 11.5. The van der Waals surface area contributed by atoms with E-state index < -0.39 is 5.60 Å². The molecule has 0 spiro atoms. The van der Waals surface area contributed by atoms with Gasteiger partial charge in [-0.3, -0.25) is 0 Å². The highest BCUT2D eigenvalue weighted by atomic mass is 16.6. The Morgan fingerprint density at radius 3 is 2.52 bits per heavy atom. The predicted molar refractivity (Wildman–Crippen MR) is 91.5 cm³/mol. The largest absolute Gasteiger partial charge is 0.471 e. The minimum Gasteiger partial charge on any atom is -0.471 e. The maximum Gasteiger partial charge on any atom is 0.352 e. The van der Waals surface area contributed by atoms with Gasteiger partial charge in [0, 0.05) is 12.0 Å². The van der Waals surface area contributed by atoms with Crippen LogP contribution in [-0.4, -0.2) is 30.8 Å². The number of carbonyl (C=O) groups excluding carboxylic acids is 1. The minimum atomic E-state index is -0.953. The van der Waals surface area contributed by atoms with Crippen LogP contribution in [0.4, 0.5) is 5.69 Å². The lowest BCUT2D eigenvalue weighted by atomic mass is 9.89. The van der Waals surface area contributed by atoms with Gasteiger partial charge in [0.1, 0.15) is 5.75 Å². The molecular weight excluding hydrogens is 290 g/mol. The molecule has 0 saturated carbocycles. The van der Waals surface area contributed by atoms with E-state index in [0.29, 0.717) is 25.1 Å². The molecule has 0 saturated heterocycles. The van der Waals surface area contributed by atoms with Crippen molar-refractivity contribution in [3.05, 3.63) is 22.3 Å². The Balaban J connectivity index is 2.19. The van der Waals surface area contributed by atoms with Gasteiger partial charge in [-0.2, -0.15) is 0 Å². The topological polar surface area (TPSA) is 38.8 Å². The number of rotatable bonds is 2. The van der Waals surface area contributed by atoms with Gasteiger partial charge in [-0.25, -0.2) is 4.79 Å². The summed E-state index contributed by atoms with van der Waals surface area (Å²) in [6.07, 6.45) is 0. The van der Waals surface area contributed by atoms with Crippen molar-refractivity contribution in [1.29, 1.82) is 0 Å². The highest BCUT2D eigenvalue weighted by Crippen LogP contribution is 2.54. The second-order valence-electron chi connectivity index (χ2n) is 7.18. The van der Waals surface area contributed by atoms with Crippen LogP contribution in [0.5, 0.6) is 5.75 Å². The van der Waals surface area contributed by atoms with Crippen molar-refractivity contribution < 1.29 is 14.3 Å². The van der Waals surface area contributed by atoms with Gasteiger partial charge in [-0.1, -0.05) is 6.92 Å². The SMILES string of the molecule is CCOC(=O)C1(C)CN2c3c(c(C)c(C)c(C)c3C(C)C2C)O1. The summed E-state index contributed by atoms with van der Waals surface area (Å²) >= 11 is 0. The molecule has 4 heteroatoms. The zero-order valence-electron chi connectivity index (χ0n) is 15.2. The molecule has 0 aromatic heterocycles. The van der Waals surface area contributed by atoms with Crippen molar-refractivity contribution in [2.45, 2.75) is 66.0 Å². The normalized spacial score (nSPS) is 28.4. The van der Waals surface area contributed by atoms with E-state index in [9.17, 15) is 4.79 Å². The van der Waals surface area contributed by atoms with E-state index in [-0.39, 0.29) is 5.97 Å². The first kappa shape index (κ1) is 16.2. The first-order valence-corrected chi connectivity index (χ1v) is 8.49. The van der Waals surface area contributed by atoms with Crippen molar-refractivity contribution in [3.63, 3.8) is 0 Å². The number of benzene rings is 1. The van der Waals surface area contributed by atoms with Crippen molar-refractivity contribution in [2.24, 2.45) is 0 Å². The number of anilines is 1. The average molecular weight is 317 g/mol. The zero-order valence-corrected chi connectivity index (χ0v) is 15.2. The van der Waals surface area contributed by atoms with E-state index >= 15 is 0 Å². The second kappa shape index (κ2) is 5.15. The fourth-order valence-electron chi connectivity index (χ4n) is 4.01. The van der Waals surface area contributed by atoms with Crippen LogP contribution >= 0.6 is 0 Å². The van der Waals surface area contributed by atoms with E-state index in [0.717, 1.165) is 11.3 Å². The second-order valence-corrected chi connectivity index (χ2v) is 7.18. The van der Waals surface area contributed by atoms with Crippen LogP contribution < -0.4 is 9.64 Å². The van der Waals surface area contributed by atoms with Crippen molar-refractivity contribution in [1.82, 2.24) is 0 Å². The summed E-state index contributed by atoms with van der Waals surface area (Å²) in [5.74, 6) is 1.01. The van der Waals surface area contributed by atoms with Gasteiger partial charge in [-0.15, -0.1) is 0 Å². The van der Waals surface area contributed by atoms with Crippen LogP contribution in [0.3, 0.4) is 0 Å². The van der Waals surface area contributed by atoms with Crippen LogP contribution in [0, 0.1) is 20.8 Å². The molecule has 2 aliphatic rings. The molecular formula is C19H27NO3. The van der Waals surface area contributed by atoms with Gasteiger partial charge < -0.3 is 14.4 Å². The predicted octanol–water partition coefficient (Wildman–Crippen LogP) is 3.64. The van der Waals surface area contributed by atoms with Gasteiger partial charge in [0.25, 0.3) is 0 Å². The Morgan fingerprint density at radius 1 is 1.26 bits per heavy atom. The number of nitrogens with zero attached hydrogens (tertiary/aromatic N) is 1. The molecule has 126 valence electrons. The molecule has 0 amide bonds. The Kier molecular flexibility index (Phi) is 3.62. The van der Waals surface area contributed by atoms with Crippen molar-refractivity contribution >= 4 is 11.7 Å². The van der Waals surface area contributed by atoms with E-state index in [1.165, 1.54) is 22.4 Å². The third-order valence-electron chi connectivity index (χ3n) is 5.80. The maximum atomic E-state index is 12.5. The number of esters is 1. The maximum absolute atomic E-state index is 12.5. The van der Waals surface area contributed by atoms with Crippen LogP contribution in [0.15, 0.2) is 0 Å². The summed E-state index contributed by atoms with van der Waals surface area (Å²) in [4.78, 5) is 14.8. The lowest BCUT2D eigenvalue weighted by Crippen LogP contribution is -2.56. The number of ether oxygens (including phenoxy) is 2. The summed E-state index contributed by atoms with van der Waals surface area (Å²) in [5.41, 5.74) is 5.35. The first-order chi connectivity index (χ1) is 10.7. The van der Waals surface area contributed by atoms with Gasteiger partial charge in [-0.05, 0) is 63.8 Å². The molecule has 3 unspecified atom stereocenters. The lowest BCUT2D eigenvalue weighted by Gasteiger charge is -2.42. The monoisotopic (exact) mass is 317 g/mol. The van der Waals surface area contributed by atoms with E-state index in [1.54, 1.807) is 0 Å². The van der Waals surface area contributed by atoms with Gasteiger partial charge in [0.2, 0.25) is 5.60 Å². The summed E-state index contributed by atoms with van der Waals surface area (Å²) in [7, 11) is 0. The lowest BCUT2D eigenvalue weighted by molar-refractivity contribution is -0.160. The molecule has 0 radical (unpaired) electrons. The molecule has 0 fully saturated rings. The van der Waals surface area contributed by atoms with Crippen LogP contribution in [-0.2, 0) is 9.53 Å². The molecule has 0 aliphatic carbocycles. The first-order valence-electron chi connectivity index (χ1n) is 8.49. The van der Waals surface area contributed by atoms with Crippen LogP contribution in [0.25, 0.3) is 0 Å². The molecule has 4 nitrogen and oxygen atoms in total. The molecule has 23 heavy (non-hydrogen) atoms. The Labute approximate surface area is 138 Å². The number of hydrogen-bond donors (Lipinski definition) is 0. The Hall–Kier alpha value is -1.71. The van der Waals surface area contributed by atoms with E-state index in [4.69, 9.17) is 9.47 Å². The molecule has 3 atom stereocenters. The van der Waals surface area contributed by atoms with Crippen molar-refractivity contribution in [2.75, 3.05) is 18.1 Å². The zero-order chi connectivity index (χ0) is 17.1. The fraction of sp³-hybridized carbons (Fsp3) is 0.632. The third kappa shape index (κ3) is 2.07. The molecule has 1 aromatic carbocycles. The standard InChI is InChI=1S/C19H27NO3/c1-8-22-18(21)19(7)9-20-14(6)13(5)15-11(3)10(2)12(4)17(23-19)16(15)20/h13-14H,8-9H2,1-7H3. The highest BCUT2D eigenvalue weighted by Gasteiger charge is 2.50. The third-order valence-corrected chi connectivity index (χ3v) is 5.80. The molecule has 0 N–H and O–H groups in total. The molecule has 0 bridgehead atoms. The fourth-order valence-corrected chi connectivity index (χ4v) is 4.01. The van der Waals surface area contributed by atoms with Gasteiger partial charge >= 0.3 is 5.97 Å². The van der Waals surface area contributed by atoms with Crippen LogP contribution in [0.1, 0.15) is 55.9 Å². The molecule has 1 aromatic rings. The minimum absolute atomic E-state index is 0.281. The number of hydrogen-bond acceptors (Lipinski definition) is 4. The van der Waals surface area contributed by atoms with E-state index in [2.05, 4.69) is 39.5 Å². The van der Waals surface area contributed by atoms with Gasteiger partial charge in [0.15, 0.2) is 0 Å². The number of carbonyl (C=O) groups is 1. The quantitative estimate of drug-likeness (QED) is 0.781. The van der Waals surface area contributed by atoms with Crippen LogP contribution in [0.2, 0.25) is 0 Å².